The smallest absolute Gasteiger partial charge is 0.342 e. The van der Waals surface area contributed by atoms with Gasteiger partial charge in [-0.25, -0.2) is 4.79 Å². The molecule has 0 heterocycles. The SMILES string of the molecule is COc1ccc(C(=O)OCC(=O)c2ccc(Cl)cc2)c(O)c1. The van der Waals surface area contributed by atoms with Crippen molar-refractivity contribution in [2.75, 3.05) is 13.7 Å². The predicted octanol–water partition coefficient (Wildman–Crippen LogP) is 3.09. The number of benzene rings is 2. The molecule has 6 heteroatoms. The van der Waals surface area contributed by atoms with Crippen molar-refractivity contribution in [1.29, 1.82) is 0 Å². The number of hydrogen-bond acceptors (Lipinski definition) is 5. The number of ether oxygens (including phenoxy) is 2. The fourth-order valence-electron chi connectivity index (χ4n) is 1.74. The highest BCUT2D eigenvalue weighted by atomic mass is 35.5. The second kappa shape index (κ2) is 6.95. The lowest BCUT2D eigenvalue weighted by Gasteiger charge is -2.07. The molecule has 22 heavy (non-hydrogen) atoms. The lowest BCUT2D eigenvalue weighted by atomic mass is 10.1. The molecule has 0 spiro atoms. The van der Waals surface area contributed by atoms with Crippen molar-refractivity contribution in [2.24, 2.45) is 0 Å². The summed E-state index contributed by atoms with van der Waals surface area (Å²) in [4.78, 5) is 23.7. The Morgan fingerprint density at radius 3 is 2.41 bits per heavy atom. The van der Waals surface area contributed by atoms with Gasteiger partial charge in [-0.3, -0.25) is 4.79 Å². The van der Waals surface area contributed by atoms with E-state index in [0.29, 0.717) is 16.3 Å². The van der Waals surface area contributed by atoms with E-state index in [-0.39, 0.29) is 17.1 Å². The van der Waals surface area contributed by atoms with Gasteiger partial charge in [-0.1, -0.05) is 11.6 Å². The molecule has 0 saturated carbocycles. The number of Topliss-reactive ketones (excluding diaryl/α,β-unsaturated/α-hetero) is 1. The Kier molecular flexibility index (Phi) is 5.01. The Morgan fingerprint density at radius 2 is 1.82 bits per heavy atom. The number of rotatable bonds is 5. The number of aromatic hydroxyl groups is 1. The molecular formula is C16H13ClO5. The molecule has 2 aromatic carbocycles. The van der Waals surface area contributed by atoms with Gasteiger partial charge in [0.1, 0.15) is 17.1 Å². The first kappa shape index (κ1) is 15.9. The Balaban J connectivity index is 2.00. The van der Waals surface area contributed by atoms with Gasteiger partial charge < -0.3 is 14.6 Å². The van der Waals surface area contributed by atoms with Crippen LogP contribution in [0, 0.1) is 0 Å². The first-order valence-corrected chi connectivity index (χ1v) is 6.72. The van der Waals surface area contributed by atoms with Crippen molar-refractivity contribution in [2.45, 2.75) is 0 Å². The van der Waals surface area contributed by atoms with Crippen LogP contribution >= 0.6 is 11.6 Å². The standard InChI is InChI=1S/C16H13ClO5/c1-21-12-6-7-13(14(18)8-12)16(20)22-9-15(19)10-2-4-11(17)5-3-10/h2-8,18H,9H2,1H3. The quantitative estimate of drug-likeness (QED) is 0.677. The summed E-state index contributed by atoms with van der Waals surface area (Å²) in [6.45, 7) is -0.425. The third-order valence-corrected chi connectivity index (χ3v) is 3.18. The van der Waals surface area contributed by atoms with E-state index >= 15 is 0 Å². The van der Waals surface area contributed by atoms with E-state index in [4.69, 9.17) is 21.1 Å². The van der Waals surface area contributed by atoms with Gasteiger partial charge in [0.05, 0.1) is 7.11 Å². The van der Waals surface area contributed by atoms with Crippen molar-refractivity contribution in [3.63, 3.8) is 0 Å². The summed E-state index contributed by atoms with van der Waals surface area (Å²) in [5.74, 6) is -1.02. The first-order chi connectivity index (χ1) is 10.5. The average Bonchev–Trinajstić information content (AvgIpc) is 2.52. The Hall–Kier alpha value is -2.53. The van der Waals surface area contributed by atoms with Crippen molar-refractivity contribution in [3.8, 4) is 11.5 Å². The van der Waals surface area contributed by atoms with Gasteiger partial charge in [-0.05, 0) is 36.4 Å². The fraction of sp³-hybridized carbons (Fsp3) is 0.125. The molecular weight excluding hydrogens is 308 g/mol. The van der Waals surface area contributed by atoms with Crippen molar-refractivity contribution >= 4 is 23.4 Å². The molecule has 0 aromatic heterocycles. The van der Waals surface area contributed by atoms with E-state index in [1.54, 1.807) is 24.3 Å². The van der Waals surface area contributed by atoms with Crippen LogP contribution in [0.25, 0.3) is 0 Å². The van der Waals surface area contributed by atoms with Crippen LogP contribution < -0.4 is 4.74 Å². The summed E-state index contributed by atoms with van der Waals surface area (Å²) >= 11 is 5.73. The summed E-state index contributed by atoms with van der Waals surface area (Å²) in [5, 5.41) is 10.2. The topological polar surface area (TPSA) is 72.8 Å². The minimum absolute atomic E-state index is 0.0373. The van der Waals surface area contributed by atoms with Crippen LogP contribution in [0.15, 0.2) is 42.5 Å². The number of hydrogen-bond donors (Lipinski definition) is 1. The van der Waals surface area contributed by atoms with Gasteiger partial charge in [0, 0.05) is 16.7 Å². The highest BCUT2D eigenvalue weighted by Crippen LogP contribution is 2.24. The highest BCUT2D eigenvalue weighted by molar-refractivity contribution is 6.30. The maximum atomic E-state index is 11.9. The van der Waals surface area contributed by atoms with Crippen LogP contribution in [0.1, 0.15) is 20.7 Å². The van der Waals surface area contributed by atoms with Crippen LogP contribution in [-0.4, -0.2) is 30.6 Å². The molecule has 2 aromatic rings. The van der Waals surface area contributed by atoms with Crippen molar-refractivity contribution < 1.29 is 24.2 Å². The first-order valence-electron chi connectivity index (χ1n) is 6.34. The van der Waals surface area contributed by atoms with Crippen LogP contribution in [0.4, 0.5) is 0 Å². The van der Waals surface area contributed by atoms with Crippen molar-refractivity contribution in [3.05, 3.63) is 58.6 Å². The van der Waals surface area contributed by atoms with Crippen LogP contribution in [0.2, 0.25) is 5.02 Å². The average molecular weight is 321 g/mol. The summed E-state index contributed by atoms with van der Waals surface area (Å²) in [6, 6.07) is 10.4. The lowest BCUT2D eigenvalue weighted by molar-refractivity contribution is 0.0471. The molecule has 0 bridgehead atoms. The molecule has 2 rings (SSSR count). The number of ketones is 1. The molecule has 114 valence electrons. The summed E-state index contributed by atoms with van der Waals surface area (Å²) in [6.07, 6.45) is 0. The molecule has 0 radical (unpaired) electrons. The van der Waals surface area contributed by atoms with E-state index in [9.17, 15) is 14.7 Å². The van der Waals surface area contributed by atoms with E-state index in [1.165, 1.54) is 25.3 Å². The molecule has 0 aliphatic carbocycles. The predicted molar refractivity (Wildman–Crippen MR) is 80.7 cm³/mol. The van der Waals surface area contributed by atoms with Gasteiger partial charge in [0.25, 0.3) is 0 Å². The molecule has 0 aliphatic rings. The van der Waals surface area contributed by atoms with Gasteiger partial charge in [-0.2, -0.15) is 0 Å². The Morgan fingerprint density at radius 1 is 1.14 bits per heavy atom. The number of esters is 1. The van der Waals surface area contributed by atoms with Crippen molar-refractivity contribution in [1.82, 2.24) is 0 Å². The molecule has 0 aliphatic heterocycles. The van der Waals surface area contributed by atoms with E-state index < -0.39 is 12.6 Å². The van der Waals surface area contributed by atoms with Gasteiger partial charge in [0.15, 0.2) is 12.4 Å². The minimum atomic E-state index is -0.789. The zero-order chi connectivity index (χ0) is 16.1. The van der Waals surface area contributed by atoms with Gasteiger partial charge in [-0.15, -0.1) is 0 Å². The Bertz CT molecular complexity index is 694. The van der Waals surface area contributed by atoms with E-state index in [1.807, 2.05) is 0 Å². The summed E-state index contributed by atoms with van der Waals surface area (Å²) in [5.41, 5.74) is 0.348. The Labute approximate surface area is 132 Å². The van der Waals surface area contributed by atoms with Gasteiger partial charge in [0.2, 0.25) is 0 Å². The van der Waals surface area contributed by atoms with E-state index in [2.05, 4.69) is 0 Å². The van der Waals surface area contributed by atoms with Crippen LogP contribution in [0.3, 0.4) is 0 Å². The zero-order valence-electron chi connectivity index (χ0n) is 11.7. The fourth-order valence-corrected chi connectivity index (χ4v) is 1.86. The maximum absolute atomic E-state index is 11.9. The van der Waals surface area contributed by atoms with E-state index in [0.717, 1.165) is 0 Å². The van der Waals surface area contributed by atoms with Crippen LogP contribution in [0.5, 0.6) is 11.5 Å². The second-order valence-electron chi connectivity index (χ2n) is 4.39. The molecule has 0 atom stereocenters. The number of phenols is 1. The number of halogens is 1. The lowest BCUT2D eigenvalue weighted by Crippen LogP contribution is -2.14. The maximum Gasteiger partial charge on any atom is 0.342 e. The largest absolute Gasteiger partial charge is 0.507 e. The minimum Gasteiger partial charge on any atom is -0.507 e. The molecule has 0 saturated heterocycles. The molecule has 0 fully saturated rings. The molecule has 1 N–H and O–H groups in total. The van der Waals surface area contributed by atoms with Crippen LogP contribution in [-0.2, 0) is 4.74 Å². The molecule has 0 unspecified atom stereocenters. The molecule has 0 amide bonds. The summed E-state index contributed by atoms with van der Waals surface area (Å²) < 4.78 is 9.82. The number of carbonyl (C=O) groups is 2. The normalized spacial score (nSPS) is 10.1. The third-order valence-electron chi connectivity index (χ3n) is 2.93. The zero-order valence-corrected chi connectivity index (χ0v) is 12.5. The monoisotopic (exact) mass is 320 g/mol. The third kappa shape index (κ3) is 3.77. The summed E-state index contributed by atoms with van der Waals surface area (Å²) in [7, 11) is 1.44. The number of methoxy groups -OCH3 is 1. The van der Waals surface area contributed by atoms with Gasteiger partial charge >= 0.3 is 5.97 Å². The number of carbonyl (C=O) groups excluding carboxylic acids is 2. The highest BCUT2D eigenvalue weighted by Gasteiger charge is 2.15. The molecule has 5 nitrogen and oxygen atoms in total. The second-order valence-corrected chi connectivity index (χ2v) is 4.83. The number of phenolic OH excluding ortho intramolecular Hbond substituents is 1.